The average Bonchev–Trinajstić information content (AvgIpc) is 2.81. The SMILES string of the molecule is CNC(=O)CN1CCCN2CCN(CCCN(CC(=O)O)CC2)CC1.O=C(O)C(F)(F)F.O=C(O)C(F)(F)F. The largest absolute Gasteiger partial charge is 0.490 e. The van der Waals surface area contributed by atoms with E-state index >= 15 is 0 Å². The monoisotopic (exact) mass is 583 g/mol. The molecule has 2 heterocycles. The molecule has 2 aliphatic rings. The van der Waals surface area contributed by atoms with Crippen LogP contribution in [0.2, 0.25) is 0 Å². The number of hydrogen-bond acceptors (Lipinski definition) is 8. The molecule has 12 nitrogen and oxygen atoms in total. The highest BCUT2D eigenvalue weighted by molar-refractivity contribution is 5.77. The van der Waals surface area contributed by atoms with Crippen molar-refractivity contribution in [3.8, 4) is 0 Å². The van der Waals surface area contributed by atoms with Crippen LogP contribution >= 0.6 is 0 Å². The Hall–Kier alpha value is -2.70. The number of nitrogens with zero attached hydrogens (tertiary/aromatic N) is 4. The van der Waals surface area contributed by atoms with Gasteiger partial charge in [0.25, 0.3) is 0 Å². The minimum atomic E-state index is -5.08. The summed E-state index contributed by atoms with van der Waals surface area (Å²) in [5.41, 5.74) is 0. The predicted octanol–water partition coefficient (Wildman–Crippen LogP) is 0.0990. The van der Waals surface area contributed by atoms with Gasteiger partial charge in [-0.05, 0) is 32.5 Å². The highest BCUT2D eigenvalue weighted by atomic mass is 19.4. The number of rotatable bonds is 4. The highest BCUT2D eigenvalue weighted by Gasteiger charge is 2.38. The van der Waals surface area contributed by atoms with Gasteiger partial charge in [0.05, 0.1) is 13.1 Å². The van der Waals surface area contributed by atoms with Gasteiger partial charge in [-0.3, -0.25) is 19.4 Å². The summed E-state index contributed by atoms with van der Waals surface area (Å²) in [5.74, 6) is -6.18. The van der Waals surface area contributed by atoms with Crippen LogP contribution in [0.4, 0.5) is 26.3 Å². The lowest BCUT2D eigenvalue weighted by molar-refractivity contribution is -0.193. The fourth-order valence-electron chi connectivity index (χ4n) is 3.57. The lowest BCUT2D eigenvalue weighted by atomic mass is 10.2. The van der Waals surface area contributed by atoms with Gasteiger partial charge in [0.15, 0.2) is 0 Å². The Morgan fingerprint density at radius 2 is 0.949 bits per heavy atom. The highest BCUT2D eigenvalue weighted by Crippen LogP contribution is 2.13. The second-order valence-electron chi connectivity index (χ2n) is 8.62. The van der Waals surface area contributed by atoms with E-state index in [4.69, 9.17) is 24.9 Å². The number of carbonyl (C=O) groups excluding carboxylic acids is 1. The number of fused-ring (bicyclic) bond motifs is 3. The van der Waals surface area contributed by atoms with Crippen molar-refractivity contribution < 1.29 is 60.8 Å². The Kier molecular flexibility index (Phi) is 16.6. The topological polar surface area (TPSA) is 154 Å². The number of likely N-dealkylation sites (N-methyl/N-ethyl adjacent to an activating group) is 1. The first-order valence-corrected chi connectivity index (χ1v) is 11.9. The number of amides is 1. The minimum absolute atomic E-state index is 0.0749. The van der Waals surface area contributed by atoms with Crippen LogP contribution in [0.3, 0.4) is 0 Å². The Morgan fingerprint density at radius 1 is 0.615 bits per heavy atom. The smallest absolute Gasteiger partial charge is 0.480 e. The number of nitrogens with one attached hydrogen (secondary N) is 1. The lowest BCUT2D eigenvalue weighted by Crippen LogP contribution is -2.48. The van der Waals surface area contributed by atoms with Gasteiger partial charge >= 0.3 is 30.3 Å². The summed E-state index contributed by atoms with van der Waals surface area (Å²) in [4.78, 5) is 49.8. The minimum Gasteiger partial charge on any atom is -0.480 e. The van der Waals surface area contributed by atoms with E-state index in [2.05, 4.69) is 24.9 Å². The van der Waals surface area contributed by atoms with E-state index in [0.717, 1.165) is 78.3 Å². The Morgan fingerprint density at radius 3 is 1.26 bits per heavy atom. The molecule has 228 valence electrons. The number of aliphatic carboxylic acids is 3. The fourth-order valence-corrected chi connectivity index (χ4v) is 3.57. The molecule has 0 aromatic heterocycles. The molecule has 2 fully saturated rings. The molecule has 2 saturated heterocycles. The quantitative estimate of drug-likeness (QED) is 0.333. The number of alkyl halides is 6. The van der Waals surface area contributed by atoms with Crippen LogP contribution in [-0.2, 0) is 19.2 Å². The molecule has 18 heteroatoms. The van der Waals surface area contributed by atoms with Gasteiger partial charge in [-0.15, -0.1) is 0 Å². The van der Waals surface area contributed by atoms with Crippen molar-refractivity contribution >= 4 is 23.8 Å². The molecule has 0 saturated carbocycles. The molecule has 0 aromatic carbocycles. The fraction of sp³-hybridized carbons (Fsp3) is 0.810. The number of halogens is 6. The van der Waals surface area contributed by atoms with Gasteiger partial charge in [0.1, 0.15) is 0 Å². The maximum Gasteiger partial charge on any atom is 0.490 e. The molecule has 2 aliphatic heterocycles. The molecular weight excluding hydrogens is 548 g/mol. The average molecular weight is 584 g/mol. The van der Waals surface area contributed by atoms with Crippen LogP contribution in [-0.4, -0.2) is 157 Å². The van der Waals surface area contributed by atoms with Crippen LogP contribution in [0, 0.1) is 0 Å². The molecule has 2 rings (SSSR count). The third-order valence-corrected chi connectivity index (χ3v) is 5.58. The summed E-state index contributed by atoms with van der Waals surface area (Å²) in [6, 6.07) is 0. The van der Waals surface area contributed by atoms with Crippen molar-refractivity contribution in [3.05, 3.63) is 0 Å². The van der Waals surface area contributed by atoms with Gasteiger partial charge in [-0.1, -0.05) is 0 Å². The van der Waals surface area contributed by atoms with E-state index in [9.17, 15) is 35.9 Å². The maximum absolute atomic E-state index is 11.7. The predicted molar refractivity (Wildman–Crippen MR) is 124 cm³/mol. The first kappa shape index (κ1) is 36.3. The first-order valence-electron chi connectivity index (χ1n) is 11.9. The first-order chi connectivity index (χ1) is 17.9. The molecule has 0 spiro atoms. The third-order valence-electron chi connectivity index (χ3n) is 5.58. The van der Waals surface area contributed by atoms with E-state index in [0.29, 0.717) is 6.54 Å². The third kappa shape index (κ3) is 18.3. The number of carbonyl (C=O) groups is 4. The molecule has 2 bridgehead atoms. The summed E-state index contributed by atoms with van der Waals surface area (Å²) in [6.07, 6.45) is -8.14. The number of carboxylic acid groups (broad SMARTS) is 3. The van der Waals surface area contributed by atoms with Crippen molar-refractivity contribution in [1.29, 1.82) is 0 Å². The molecule has 0 aromatic rings. The van der Waals surface area contributed by atoms with Gasteiger partial charge in [0, 0.05) is 52.9 Å². The summed E-state index contributed by atoms with van der Waals surface area (Å²) in [5, 5.41) is 26.0. The zero-order valence-electron chi connectivity index (χ0n) is 21.4. The van der Waals surface area contributed by atoms with Gasteiger partial charge in [-0.25, -0.2) is 9.59 Å². The Balaban J connectivity index is 0.000000848. The van der Waals surface area contributed by atoms with Crippen molar-refractivity contribution in [2.75, 3.05) is 85.6 Å². The Labute approximate surface area is 221 Å². The van der Waals surface area contributed by atoms with Crippen molar-refractivity contribution in [2.45, 2.75) is 25.2 Å². The van der Waals surface area contributed by atoms with Crippen molar-refractivity contribution in [3.63, 3.8) is 0 Å². The van der Waals surface area contributed by atoms with Crippen LogP contribution < -0.4 is 5.32 Å². The van der Waals surface area contributed by atoms with E-state index in [-0.39, 0.29) is 12.5 Å². The lowest BCUT2D eigenvalue weighted by Gasteiger charge is -2.35. The molecule has 4 N–H and O–H groups in total. The maximum atomic E-state index is 11.7. The Bertz CT molecular complexity index is 761. The van der Waals surface area contributed by atoms with Crippen LogP contribution in [0.25, 0.3) is 0 Å². The second-order valence-corrected chi connectivity index (χ2v) is 8.62. The summed E-state index contributed by atoms with van der Waals surface area (Å²) >= 11 is 0. The van der Waals surface area contributed by atoms with E-state index in [1.165, 1.54) is 0 Å². The molecule has 2 atom stereocenters. The number of hydrogen-bond donors (Lipinski definition) is 4. The second kappa shape index (κ2) is 17.8. The van der Waals surface area contributed by atoms with Crippen LogP contribution in [0.1, 0.15) is 12.8 Å². The zero-order valence-corrected chi connectivity index (χ0v) is 21.4. The van der Waals surface area contributed by atoms with Gasteiger partial charge < -0.3 is 30.4 Å². The van der Waals surface area contributed by atoms with Crippen molar-refractivity contribution in [1.82, 2.24) is 24.9 Å². The molecule has 1 amide bonds. The summed E-state index contributed by atoms with van der Waals surface area (Å²) in [6.45, 7) is 10.0. The summed E-state index contributed by atoms with van der Waals surface area (Å²) in [7, 11) is 1.69. The standard InChI is InChI=1S/C17H33N5O3.2C2HF3O2/c1-18-16(23)14-21-6-2-4-20-9-8-19(10-12-21)5-3-7-22(13-11-20)15-17(24)25;2*3-2(4,5)1(6)7/h2-15H2,1H3,(H,18,23)(H,24,25);2*(H,6,7). The number of carboxylic acids is 3. The molecule has 0 aliphatic carbocycles. The van der Waals surface area contributed by atoms with Crippen LogP contribution in [0.15, 0.2) is 0 Å². The van der Waals surface area contributed by atoms with Gasteiger partial charge in [-0.2, -0.15) is 26.3 Å². The molecule has 2 unspecified atom stereocenters. The van der Waals surface area contributed by atoms with E-state index < -0.39 is 30.3 Å². The molecular formula is C21H35F6N5O7. The van der Waals surface area contributed by atoms with Gasteiger partial charge in [0.2, 0.25) is 5.91 Å². The van der Waals surface area contributed by atoms with E-state index in [1.54, 1.807) is 7.05 Å². The normalized spacial score (nSPS) is 21.7. The van der Waals surface area contributed by atoms with Crippen LogP contribution in [0.5, 0.6) is 0 Å². The summed E-state index contributed by atoms with van der Waals surface area (Å²) < 4.78 is 63.5. The zero-order chi connectivity index (χ0) is 30.2. The molecule has 0 radical (unpaired) electrons. The van der Waals surface area contributed by atoms with E-state index in [1.807, 2.05) is 0 Å². The van der Waals surface area contributed by atoms with Crippen molar-refractivity contribution in [2.24, 2.45) is 0 Å². The molecule has 39 heavy (non-hydrogen) atoms.